The van der Waals surface area contributed by atoms with E-state index in [-0.39, 0.29) is 27.3 Å². The zero-order chi connectivity index (χ0) is 23.3. The van der Waals surface area contributed by atoms with Crippen molar-refractivity contribution in [2.45, 2.75) is 6.54 Å². The summed E-state index contributed by atoms with van der Waals surface area (Å²) in [6, 6.07) is 5.97. The Morgan fingerprint density at radius 3 is 2.13 bits per heavy atom. The monoisotopic (exact) mass is 510 g/mol. The number of ether oxygens (including phenoxy) is 3. The first-order valence-corrected chi connectivity index (χ1v) is 11.7. The van der Waals surface area contributed by atoms with Crippen LogP contribution in [0.25, 0.3) is 0 Å². The molecule has 170 valence electrons. The topological polar surface area (TPSA) is 94.2 Å². The number of hydrogen-bond acceptors (Lipinski definition) is 6. The molecule has 0 saturated carbocycles. The average Bonchev–Trinajstić information content (AvgIpc) is 2.71. The van der Waals surface area contributed by atoms with Gasteiger partial charge in [-0.2, -0.15) is 0 Å². The van der Waals surface area contributed by atoms with E-state index >= 15 is 0 Å². The molecule has 1 amide bonds. The largest absolute Gasteiger partial charge is 0.493 e. The molecule has 1 N–H and O–H groups in total. The molecule has 2 rings (SSSR count). The Hall–Kier alpha value is -2.07. The van der Waals surface area contributed by atoms with Crippen LogP contribution in [0.2, 0.25) is 15.1 Å². The third-order valence-electron chi connectivity index (χ3n) is 4.21. The van der Waals surface area contributed by atoms with Crippen LogP contribution in [-0.4, -0.2) is 48.5 Å². The number of nitrogens with zero attached hydrogens (tertiary/aromatic N) is 1. The van der Waals surface area contributed by atoms with Crippen LogP contribution in [0.5, 0.6) is 17.2 Å². The highest BCUT2D eigenvalue weighted by Gasteiger charge is 2.24. The predicted molar refractivity (Wildman–Crippen MR) is 122 cm³/mol. The summed E-state index contributed by atoms with van der Waals surface area (Å²) in [6.07, 6.45) is 0.955. The van der Waals surface area contributed by atoms with Crippen LogP contribution in [0.3, 0.4) is 0 Å². The molecule has 0 fully saturated rings. The van der Waals surface area contributed by atoms with Gasteiger partial charge in [0.2, 0.25) is 21.7 Å². The van der Waals surface area contributed by atoms with Crippen molar-refractivity contribution in [3.05, 3.63) is 44.9 Å². The molecule has 0 spiro atoms. The third kappa shape index (κ3) is 6.00. The highest BCUT2D eigenvalue weighted by atomic mass is 35.5. The summed E-state index contributed by atoms with van der Waals surface area (Å²) in [5.74, 6) is 0.642. The lowest BCUT2D eigenvalue weighted by Crippen LogP contribution is -2.40. The number of rotatable bonds is 9. The average molecular weight is 512 g/mol. The summed E-state index contributed by atoms with van der Waals surface area (Å²) in [4.78, 5) is 12.6. The van der Waals surface area contributed by atoms with Crippen molar-refractivity contribution in [3.63, 3.8) is 0 Å². The maximum absolute atomic E-state index is 12.6. The van der Waals surface area contributed by atoms with Crippen molar-refractivity contribution in [2.24, 2.45) is 0 Å². The second-order valence-electron chi connectivity index (χ2n) is 6.26. The van der Waals surface area contributed by atoms with Gasteiger partial charge in [-0.05, 0) is 24.3 Å². The van der Waals surface area contributed by atoms with E-state index in [0.717, 1.165) is 10.6 Å². The van der Waals surface area contributed by atoms with E-state index in [1.54, 1.807) is 12.1 Å². The number of sulfonamides is 1. The zero-order valence-corrected chi connectivity index (χ0v) is 20.2. The molecule has 0 bridgehead atoms. The lowest BCUT2D eigenvalue weighted by atomic mass is 10.1. The van der Waals surface area contributed by atoms with E-state index in [2.05, 4.69) is 5.32 Å². The fourth-order valence-electron chi connectivity index (χ4n) is 2.77. The molecule has 2 aromatic carbocycles. The number of anilines is 1. The van der Waals surface area contributed by atoms with Crippen molar-refractivity contribution in [1.82, 2.24) is 5.32 Å². The van der Waals surface area contributed by atoms with Crippen molar-refractivity contribution < 1.29 is 27.4 Å². The first kappa shape index (κ1) is 25.2. The number of methoxy groups -OCH3 is 3. The van der Waals surface area contributed by atoms with Gasteiger partial charge in [0.1, 0.15) is 6.54 Å². The molecule has 2 aromatic rings. The number of hydrogen-bond donors (Lipinski definition) is 1. The van der Waals surface area contributed by atoms with Crippen LogP contribution in [0.4, 0.5) is 5.69 Å². The van der Waals surface area contributed by atoms with Crippen molar-refractivity contribution in [1.29, 1.82) is 0 Å². The van der Waals surface area contributed by atoms with E-state index in [9.17, 15) is 13.2 Å². The Labute approximate surface area is 196 Å². The molecule has 0 aliphatic rings. The van der Waals surface area contributed by atoms with Crippen LogP contribution in [-0.2, 0) is 21.4 Å². The van der Waals surface area contributed by atoms with Crippen molar-refractivity contribution in [3.8, 4) is 17.2 Å². The van der Waals surface area contributed by atoms with Crippen molar-refractivity contribution >= 4 is 56.4 Å². The van der Waals surface area contributed by atoms with E-state index in [1.807, 2.05) is 0 Å². The predicted octanol–water partition coefficient (Wildman–Crippen LogP) is 3.76. The molecular formula is C19H21Cl3N2O6S. The minimum absolute atomic E-state index is 0.0363. The number of carbonyl (C=O) groups is 1. The van der Waals surface area contributed by atoms with E-state index in [4.69, 9.17) is 49.0 Å². The van der Waals surface area contributed by atoms with Gasteiger partial charge in [0.25, 0.3) is 0 Å². The molecular weight excluding hydrogens is 491 g/mol. The number of nitrogens with one attached hydrogen (secondary N) is 1. The first-order chi connectivity index (χ1) is 14.5. The molecule has 12 heteroatoms. The molecule has 0 unspecified atom stereocenters. The number of amides is 1. The Balaban J connectivity index is 2.25. The van der Waals surface area contributed by atoms with Crippen LogP contribution < -0.4 is 23.8 Å². The standard InChI is InChI=1S/C19H21Cl3N2O6S/c1-28-16-6-5-11(18(29-2)19(16)30-3)9-23-17(25)10-24(31(4,26)27)15-8-13(21)12(20)7-14(15)22/h5-8H,9-10H2,1-4H3,(H,23,25). The third-order valence-corrected chi connectivity index (χ3v) is 6.36. The summed E-state index contributed by atoms with van der Waals surface area (Å²) < 4.78 is 41.4. The molecule has 31 heavy (non-hydrogen) atoms. The summed E-state index contributed by atoms with van der Waals surface area (Å²) in [5.41, 5.74) is 0.643. The van der Waals surface area contributed by atoms with Gasteiger partial charge < -0.3 is 19.5 Å². The summed E-state index contributed by atoms with van der Waals surface area (Å²) in [5, 5.41) is 2.96. The molecule has 0 aromatic heterocycles. The summed E-state index contributed by atoms with van der Waals surface area (Å²) in [7, 11) is 0.562. The number of benzene rings is 2. The second-order valence-corrected chi connectivity index (χ2v) is 9.39. The minimum atomic E-state index is -3.86. The Bertz CT molecular complexity index is 1080. The molecule has 0 radical (unpaired) electrons. The van der Waals surface area contributed by atoms with Gasteiger partial charge in [0, 0.05) is 12.1 Å². The van der Waals surface area contributed by atoms with Crippen LogP contribution in [0, 0.1) is 0 Å². The fourth-order valence-corrected chi connectivity index (χ4v) is 4.32. The Morgan fingerprint density at radius 2 is 1.58 bits per heavy atom. The molecule has 0 saturated heterocycles. The van der Waals surface area contributed by atoms with Crippen LogP contribution in [0.15, 0.2) is 24.3 Å². The van der Waals surface area contributed by atoms with Gasteiger partial charge >= 0.3 is 0 Å². The second kappa shape index (κ2) is 10.5. The first-order valence-electron chi connectivity index (χ1n) is 8.70. The quantitative estimate of drug-likeness (QED) is 0.515. The van der Waals surface area contributed by atoms with Gasteiger partial charge in [-0.25, -0.2) is 8.42 Å². The van der Waals surface area contributed by atoms with E-state index in [1.165, 1.54) is 33.5 Å². The van der Waals surface area contributed by atoms with Gasteiger partial charge in [-0.15, -0.1) is 0 Å². The van der Waals surface area contributed by atoms with Crippen LogP contribution in [0.1, 0.15) is 5.56 Å². The molecule has 0 aliphatic heterocycles. The van der Waals surface area contributed by atoms with Gasteiger partial charge in [-0.3, -0.25) is 9.10 Å². The zero-order valence-electron chi connectivity index (χ0n) is 17.2. The molecule has 0 heterocycles. The summed E-state index contributed by atoms with van der Waals surface area (Å²) in [6.45, 7) is -0.471. The molecule has 0 aliphatic carbocycles. The number of halogens is 3. The van der Waals surface area contributed by atoms with Crippen molar-refractivity contribution in [2.75, 3.05) is 38.4 Å². The maximum atomic E-state index is 12.6. The summed E-state index contributed by atoms with van der Waals surface area (Å²) >= 11 is 18.0. The van der Waals surface area contributed by atoms with E-state index in [0.29, 0.717) is 22.8 Å². The Morgan fingerprint density at radius 1 is 0.968 bits per heavy atom. The molecule has 8 nitrogen and oxygen atoms in total. The lowest BCUT2D eigenvalue weighted by Gasteiger charge is -2.23. The fraction of sp³-hybridized carbons (Fsp3) is 0.316. The Kier molecular flexibility index (Phi) is 8.53. The molecule has 0 atom stereocenters. The van der Waals surface area contributed by atoms with Gasteiger partial charge in [-0.1, -0.05) is 34.8 Å². The van der Waals surface area contributed by atoms with Crippen LogP contribution >= 0.6 is 34.8 Å². The highest BCUT2D eigenvalue weighted by molar-refractivity contribution is 7.92. The lowest BCUT2D eigenvalue weighted by molar-refractivity contribution is -0.119. The van der Waals surface area contributed by atoms with Gasteiger partial charge in [0.15, 0.2) is 11.5 Å². The van der Waals surface area contributed by atoms with Gasteiger partial charge in [0.05, 0.1) is 48.3 Å². The number of carbonyl (C=O) groups excluding carboxylic acids is 1. The normalized spacial score (nSPS) is 11.1. The SMILES string of the molecule is COc1ccc(CNC(=O)CN(c2cc(Cl)c(Cl)cc2Cl)S(C)(=O)=O)c(OC)c1OC. The maximum Gasteiger partial charge on any atom is 0.241 e. The highest BCUT2D eigenvalue weighted by Crippen LogP contribution is 2.39. The smallest absolute Gasteiger partial charge is 0.241 e. The van der Waals surface area contributed by atoms with E-state index < -0.39 is 22.5 Å². The minimum Gasteiger partial charge on any atom is -0.493 e.